The average molecular weight is 240 g/mol. The van der Waals surface area contributed by atoms with Crippen LogP contribution in [0.25, 0.3) is 0 Å². The fourth-order valence-electron chi connectivity index (χ4n) is 2.52. The maximum absolute atomic E-state index is 11.5. The van der Waals surface area contributed by atoms with Crippen LogP contribution in [0.15, 0.2) is 0 Å². The number of amides is 1. The van der Waals surface area contributed by atoms with Gasteiger partial charge in [0.05, 0.1) is 6.54 Å². The topological polar surface area (TPSA) is 58.2 Å². The molecule has 2 N–H and O–H groups in total. The fraction of sp³-hybridized carbons (Fsp3) is 0.846. The van der Waals surface area contributed by atoms with Gasteiger partial charge in [-0.15, -0.1) is 0 Å². The van der Waals surface area contributed by atoms with E-state index in [1.165, 1.54) is 19.3 Å². The lowest BCUT2D eigenvalue weighted by Crippen LogP contribution is -2.42. The Bertz CT molecular complexity index is 248. The molecular formula is C13H24N2O2. The van der Waals surface area contributed by atoms with Gasteiger partial charge in [-0.1, -0.05) is 26.2 Å². The molecule has 1 rings (SSSR count). The number of carbonyl (C=O) groups excluding carboxylic acids is 2. The number of rotatable bonds is 7. The van der Waals surface area contributed by atoms with Crippen molar-refractivity contribution >= 4 is 12.2 Å². The van der Waals surface area contributed by atoms with Gasteiger partial charge in [0.2, 0.25) is 5.91 Å². The van der Waals surface area contributed by atoms with Crippen molar-refractivity contribution in [3.63, 3.8) is 0 Å². The van der Waals surface area contributed by atoms with Crippen LogP contribution >= 0.6 is 0 Å². The molecule has 1 aliphatic rings. The smallest absolute Gasteiger partial charge is 0.233 e. The lowest BCUT2D eigenvalue weighted by molar-refractivity contribution is -0.121. The molecule has 0 aromatic heterocycles. The molecule has 1 amide bonds. The van der Waals surface area contributed by atoms with Gasteiger partial charge in [0.15, 0.2) is 0 Å². The summed E-state index contributed by atoms with van der Waals surface area (Å²) in [5, 5.41) is 5.95. The summed E-state index contributed by atoms with van der Waals surface area (Å²) in [6.45, 7) is 3.79. The van der Waals surface area contributed by atoms with Crippen LogP contribution in [0.2, 0.25) is 0 Å². The molecule has 0 aromatic carbocycles. The van der Waals surface area contributed by atoms with E-state index in [0.29, 0.717) is 19.5 Å². The Morgan fingerprint density at radius 3 is 2.59 bits per heavy atom. The number of likely N-dealkylation sites (N-methyl/N-ethyl adjacent to an activating group) is 1. The number of nitrogens with one attached hydrogen (secondary N) is 2. The first-order valence-corrected chi connectivity index (χ1v) is 6.63. The summed E-state index contributed by atoms with van der Waals surface area (Å²) in [7, 11) is 0. The summed E-state index contributed by atoms with van der Waals surface area (Å²) in [5.74, 6) is 0.0303. The van der Waals surface area contributed by atoms with Gasteiger partial charge in [-0.2, -0.15) is 0 Å². The third kappa shape index (κ3) is 4.86. The van der Waals surface area contributed by atoms with E-state index in [0.717, 1.165) is 25.7 Å². The van der Waals surface area contributed by atoms with Crippen LogP contribution < -0.4 is 10.6 Å². The monoisotopic (exact) mass is 240 g/mol. The highest BCUT2D eigenvalue weighted by Crippen LogP contribution is 2.37. The van der Waals surface area contributed by atoms with E-state index in [2.05, 4.69) is 10.6 Å². The van der Waals surface area contributed by atoms with E-state index in [1.807, 2.05) is 6.92 Å². The van der Waals surface area contributed by atoms with Crippen molar-refractivity contribution in [2.24, 2.45) is 5.41 Å². The van der Waals surface area contributed by atoms with Gasteiger partial charge in [-0.05, 0) is 24.8 Å². The molecule has 0 aromatic rings. The third-order valence-corrected chi connectivity index (χ3v) is 3.63. The molecule has 0 heterocycles. The molecule has 98 valence electrons. The average Bonchev–Trinajstić information content (AvgIpc) is 2.35. The standard InChI is InChI=1S/C13H24N2O2/c1-2-14-10-12(17)15-11-13(8-9-16)6-4-3-5-7-13/h9,14H,2-8,10-11H2,1H3,(H,15,17). The maximum Gasteiger partial charge on any atom is 0.233 e. The molecule has 1 aliphatic carbocycles. The Balaban J connectivity index is 2.38. The van der Waals surface area contributed by atoms with Gasteiger partial charge in [0, 0.05) is 13.0 Å². The zero-order chi connectivity index (χ0) is 12.6. The van der Waals surface area contributed by atoms with Gasteiger partial charge in [-0.25, -0.2) is 0 Å². The van der Waals surface area contributed by atoms with Gasteiger partial charge >= 0.3 is 0 Å². The van der Waals surface area contributed by atoms with Crippen LogP contribution in [0, 0.1) is 5.41 Å². The lowest BCUT2D eigenvalue weighted by atomic mass is 9.72. The largest absolute Gasteiger partial charge is 0.354 e. The molecule has 4 heteroatoms. The van der Waals surface area contributed by atoms with Crippen molar-refractivity contribution in [1.82, 2.24) is 10.6 Å². The minimum atomic E-state index is 0.0296. The Morgan fingerprint density at radius 2 is 2.00 bits per heavy atom. The predicted octanol–water partition coefficient (Wildman–Crippen LogP) is 1.25. The van der Waals surface area contributed by atoms with Crippen molar-refractivity contribution in [1.29, 1.82) is 0 Å². The second-order valence-corrected chi connectivity index (χ2v) is 4.99. The van der Waals surface area contributed by atoms with Crippen LogP contribution in [0.4, 0.5) is 0 Å². The number of hydrogen-bond donors (Lipinski definition) is 2. The normalized spacial score (nSPS) is 18.6. The van der Waals surface area contributed by atoms with Gasteiger partial charge < -0.3 is 15.4 Å². The second kappa shape index (κ2) is 7.43. The van der Waals surface area contributed by atoms with Gasteiger partial charge in [0.25, 0.3) is 0 Å². The first-order chi connectivity index (χ1) is 8.22. The Kier molecular flexibility index (Phi) is 6.19. The summed E-state index contributed by atoms with van der Waals surface area (Å²) in [6, 6.07) is 0. The van der Waals surface area contributed by atoms with Crippen molar-refractivity contribution in [3.8, 4) is 0 Å². The lowest BCUT2D eigenvalue weighted by Gasteiger charge is -2.36. The molecule has 0 bridgehead atoms. The van der Waals surface area contributed by atoms with E-state index in [-0.39, 0.29) is 11.3 Å². The van der Waals surface area contributed by atoms with E-state index < -0.39 is 0 Å². The second-order valence-electron chi connectivity index (χ2n) is 4.99. The van der Waals surface area contributed by atoms with Crippen LogP contribution in [0.5, 0.6) is 0 Å². The third-order valence-electron chi connectivity index (χ3n) is 3.63. The minimum absolute atomic E-state index is 0.0296. The molecule has 0 aliphatic heterocycles. The summed E-state index contributed by atoms with van der Waals surface area (Å²) in [5.41, 5.74) is 0.0296. The maximum atomic E-state index is 11.5. The van der Waals surface area contributed by atoms with Crippen molar-refractivity contribution < 1.29 is 9.59 Å². The first-order valence-electron chi connectivity index (χ1n) is 6.63. The van der Waals surface area contributed by atoms with E-state index in [4.69, 9.17) is 0 Å². The molecule has 1 fully saturated rings. The quantitative estimate of drug-likeness (QED) is 0.658. The summed E-state index contributed by atoms with van der Waals surface area (Å²) >= 11 is 0. The van der Waals surface area contributed by atoms with Crippen molar-refractivity contribution in [2.75, 3.05) is 19.6 Å². The molecule has 4 nitrogen and oxygen atoms in total. The molecular weight excluding hydrogens is 216 g/mol. The SMILES string of the molecule is CCNCC(=O)NCC1(CC=O)CCCCC1. The zero-order valence-corrected chi connectivity index (χ0v) is 10.8. The van der Waals surface area contributed by atoms with E-state index in [9.17, 15) is 9.59 Å². The van der Waals surface area contributed by atoms with Crippen LogP contribution in [-0.4, -0.2) is 31.8 Å². The van der Waals surface area contributed by atoms with Crippen molar-refractivity contribution in [2.45, 2.75) is 45.4 Å². The minimum Gasteiger partial charge on any atom is -0.354 e. The Hall–Kier alpha value is -0.900. The first kappa shape index (κ1) is 14.2. The molecule has 0 radical (unpaired) electrons. The van der Waals surface area contributed by atoms with Crippen molar-refractivity contribution in [3.05, 3.63) is 0 Å². The highest BCUT2D eigenvalue weighted by molar-refractivity contribution is 5.78. The zero-order valence-electron chi connectivity index (χ0n) is 10.8. The Morgan fingerprint density at radius 1 is 1.29 bits per heavy atom. The molecule has 0 unspecified atom stereocenters. The fourth-order valence-corrected chi connectivity index (χ4v) is 2.52. The van der Waals surface area contributed by atoms with E-state index >= 15 is 0 Å². The molecule has 0 atom stereocenters. The van der Waals surface area contributed by atoms with E-state index in [1.54, 1.807) is 0 Å². The van der Waals surface area contributed by atoms with Gasteiger partial charge in [0.1, 0.15) is 6.29 Å². The molecule has 0 saturated heterocycles. The number of carbonyl (C=O) groups is 2. The predicted molar refractivity (Wildman–Crippen MR) is 67.8 cm³/mol. The molecule has 1 saturated carbocycles. The summed E-state index contributed by atoms with van der Waals surface area (Å²) in [4.78, 5) is 22.3. The molecule has 0 spiro atoms. The van der Waals surface area contributed by atoms with Crippen LogP contribution in [0.1, 0.15) is 45.4 Å². The highest BCUT2D eigenvalue weighted by atomic mass is 16.1. The van der Waals surface area contributed by atoms with Crippen LogP contribution in [0.3, 0.4) is 0 Å². The van der Waals surface area contributed by atoms with Crippen LogP contribution in [-0.2, 0) is 9.59 Å². The number of aldehydes is 1. The summed E-state index contributed by atoms with van der Waals surface area (Å²) < 4.78 is 0. The Labute approximate surface area is 104 Å². The summed E-state index contributed by atoms with van der Waals surface area (Å²) in [6.07, 6.45) is 7.32. The highest BCUT2D eigenvalue weighted by Gasteiger charge is 2.31. The molecule has 17 heavy (non-hydrogen) atoms. The van der Waals surface area contributed by atoms with Gasteiger partial charge in [-0.3, -0.25) is 4.79 Å². The number of hydrogen-bond acceptors (Lipinski definition) is 3.